The van der Waals surface area contributed by atoms with E-state index in [0.29, 0.717) is 52.7 Å². The Hall–Kier alpha value is -2.66. The van der Waals surface area contributed by atoms with Gasteiger partial charge in [-0.1, -0.05) is 198 Å². The van der Waals surface area contributed by atoms with Crippen molar-refractivity contribution in [3.05, 3.63) is 58.2 Å². The van der Waals surface area contributed by atoms with Gasteiger partial charge < -0.3 is 5.11 Å². The van der Waals surface area contributed by atoms with E-state index in [1.54, 1.807) is 0 Å². The maximum atomic E-state index is 11.5. The van der Waals surface area contributed by atoms with E-state index < -0.39 is 0 Å². The summed E-state index contributed by atoms with van der Waals surface area (Å²) in [5.41, 5.74) is 7.15. The number of allylic oxidation sites excluding steroid dienone is 10. The molecular weight excluding hydrogens is 981 g/mol. The zero-order chi connectivity index (χ0) is 59.7. The lowest BCUT2D eigenvalue weighted by molar-refractivity contribution is -0.121. The van der Waals surface area contributed by atoms with Crippen molar-refractivity contribution in [2.75, 3.05) is 0 Å². The van der Waals surface area contributed by atoms with Crippen LogP contribution in [-0.4, -0.2) is 34.3 Å². The van der Waals surface area contributed by atoms with Crippen molar-refractivity contribution >= 4 is 23.1 Å². The van der Waals surface area contributed by atoms with Crippen LogP contribution in [0.3, 0.4) is 0 Å². The molecule has 0 aromatic heterocycles. The standard InChI is InChI=1S/2C16H30O.C16H28O.C16H26O.C11H18O/c4*1-4-13(2)7-5-8-14(3)11-12-15-9-6-10-16(15)17;1-3-4-5-10-6-9(2)7-11(12)8-10/h2*13-15H,4-12H2,1-3H3;7,11,15-17H,4-6,8-10,12H2,1-3H3;7,11,15H,4-6,8-10,12H2,1-3H3;7,10H,3-6,8H2,1-2H3/b;;2*13-7+,14-11+;. The van der Waals surface area contributed by atoms with Crippen molar-refractivity contribution in [3.8, 4) is 0 Å². The number of carbonyl (C=O) groups is 4. The number of aliphatic hydroxyl groups is 1. The fourth-order valence-corrected chi connectivity index (χ4v) is 12.3. The summed E-state index contributed by atoms with van der Waals surface area (Å²) in [5.74, 6) is 7.64. The van der Waals surface area contributed by atoms with Crippen LogP contribution in [0, 0.1) is 53.3 Å². The van der Waals surface area contributed by atoms with Crippen LogP contribution in [0.25, 0.3) is 0 Å². The van der Waals surface area contributed by atoms with Gasteiger partial charge >= 0.3 is 0 Å². The van der Waals surface area contributed by atoms with Crippen LogP contribution in [0.1, 0.15) is 335 Å². The Bertz CT molecular complexity index is 1780. The van der Waals surface area contributed by atoms with Crippen LogP contribution < -0.4 is 0 Å². The van der Waals surface area contributed by atoms with Crippen molar-refractivity contribution < 1.29 is 24.3 Å². The zero-order valence-corrected chi connectivity index (χ0v) is 55.4. The highest BCUT2D eigenvalue weighted by molar-refractivity contribution is 5.91. The number of Topliss-reactive ketones (excluding diaryl/α,β-unsaturated/α-hetero) is 3. The molecule has 5 rings (SSSR count). The van der Waals surface area contributed by atoms with E-state index in [1.807, 2.05) is 6.08 Å². The molecule has 5 nitrogen and oxygen atoms in total. The average molecular weight is 1110 g/mol. The maximum absolute atomic E-state index is 11.5. The minimum Gasteiger partial charge on any atom is -0.393 e. The molecule has 1 N–H and O–H groups in total. The summed E-state index contributed by atoms with van der Waals surface area (Å²) < 4.78 is 0. The Morgan fingerprint density at radius 1 is 0.512 bits per heavy atom. The minimum atomic E-state index is -0.0405. The summed E-state index contributed by atoms with van der Waals surface area (Å²) in [6.45, 7) is 31.4. The molecule has 10 unspecified atom stereocenters. The van der Waals surface area contributed by atoms with E-state index in [4.69, 9.17) is 0 Å². The molecule has 0 aromatic carbocycles. The SMILES string of the molecule is CC/C(C)=C/CC/C(C)=C/CC1CCCC1=O.CC/C(C)=C/CC/C(C)=C/CC1CCCC1O.CCC(C)CCCC(C)CCC1CCCC1=O.CCC(C)CCCC(C)CCC1CCCC1=O.CCCCC1CC(=O)C=C(C)C1. The molecule has 10 atom stereocenters. The van der Waals surface area contributed by atoms with Gasteiger partial charge in [0.15, 0.2) is 5.78 Å². The molecule has 5 heteroatoms. The smallest absolute Gasteiger partial charge is 0.155 e. The third-order valence-electron chi connectivity index (χ3n) is 19.3. The van der Waals surface area contributed by atoms with E-state index in [0.717, 1.165) is 146 Å². The number of ketones is 4. The van der Waals surface area contributed by atoms with Gasteiger partial charge in [0.2, 0.25) is 0 Å². The van der Waals surface area contributed by atoms with Gasteiger partial charge in [0.25, 0.3) is 0 Å². The molecule has 0 saturated heterocycles. The first-order valence-electron chi connectivity index (χ1n) is 34.3. The van der Waals surface area contributed by atoms with Crippen molar-refractivity contribution in [1.82, 2.24) is 0 Å². The third-order valence-corrected chi connectivity index (χ3v) is 19.3. The molecule has 462 valence electrons. The van der Waals surface area contributed by atoms with E-state index in [1.165, 1.54) is 143 Å². The normalized spacial score (nSPS) is 24.2. The molecule has 0 spiro atoms. The second-order valence-electron chi connectivity index (χ2n) is 27.0. The molecular formula is C75H132O5. The van der Waals surface area contributed by atoms with Crippen LogP contribution in [0.5, 0.6) is 0 Å². The highest BCUT2D eigenvalue weighted by Gasteiger charge is 2.27. The summed E-state index contributed by atoms with van der Waals surface area (Å²) in [4.78, 5) is 45.7. The number of hydrogen-bond donors (Lipinski definition) is 1. The van der Waals surface area contributed by atoms with Crippen molar-refractivity contribution in [2.24, 2.45) is 53.3 Å². The summed E-state index contributed by atoms with van der Waals surface area (Å²) >= 11 is 0. The molecule has 5 aliphatic carbocycles. The number of unbranched alkanes of at least 4 members (excludes halogenated alkanes) is 1. The first-order valence-corrected chi connectivity index (χ1v) is 34.3. The van der Waals surface area contributed by atoms with Gasteiger partial charge in [-0.2, -0.15) is 0 Å². The summed E-state index contributed by atoms with van der Waals surface area (Å²) in [5, 5.41) is 9.74. The van der Waals surface area contributed by atoms with Crippen molar-refractivity contribution in [1.29, 1.82) is 0 Å². The van der Waals surface area contributed by atoms with Crippen LogP contribution in [0.4, 0.5) is 0 Å². The van der Waals surface area contributed by atoms with Gasteiger partial charge in [0.05, 0.1) is 6.10 Å². The number of carbonyl (C=O) groups excluding carboxylic acids is 4. The lowest BCUT2D eigenvalue weighted by Gasteiger charge is -2.19. The lowest BCUT2D eigenvalue weighted by Crippen LogP contribution is -2.12. The Kier molecular flexibility index (Phi) is 44.0. The maximum Gasteiger partial charge on any atom is 0.155 e. The second-order valence-corrected chi connectivity index (χ2v) is 27.0. The topological polar surface area (TPSA) is 88.5 Å². The molecule has 0 bridgehead atoms. The Morgan fingerprint density at radius 3 is 1.35 bits per heavy atom. The highest BCUT2D eigenvalue weighted by Crippen LogP contribution is 2.32. The third kappa shape index (κ3) is 37.5. The van der Waals surface area contributed by atoms with Gasteiger partial charge in [-0.15, -0.1) is 0 Å². The van der Waals surface area contributed by atoms with Gasteiger partial charge in [-0.05, 0) is 205 Å². The van der Waals surface area contributed by atoms with E-state index in [9.17, 15) is 24.3 Å². The van der Waals surface area contributed by atoms with Gasteiger partial charge in [-0.25, -0.2) is 0 Å². The minimum absolute atomic E-state index is 0.0405. The number of hydrogen-bond acceptors (Lipinski definition) is 5. The predicted octanol–water partition coefficient (Wildman–Crippen LogP) is 22.5. The first-order chi connectivity index (χ1) is 38.2. The Labute approximate surface area is 497 Å². The van der Waals surface area contributed by atoms with E-state index in [-0.39, 0.29) is 6.10 Å². The molecule has 4 saturated carbocycles. The highest BCUT2D eigenvalue weighted by atomic mass is 16.3. The summed E-state index contributed by atoms with van der Waals surface area (Å²) in [7, 11) is 0. The largest absolute Gasteiger partial charge is 0.393 e. The summed E-state index contributed by atoms with van der Waals surface area (Å²) in [6, 6.07) is 0. The molecule has 80 heavy (non-hydrogen) atoms. The quantitative estimate of drug-likeness (QED) is 0.0699. The molecule has 4 fully saturated rings. The van der Waals surface area contributed by atoms with Crippen LogP contribution in [0.2, 0.25) is 0 Å². The molecule has 5 aliphatic rings. The molecule has 0 aliphatic heterocycles. The predicted molar refractivity (Wildman–Crippen MR) is 348 cm³/mol. The van der Waals surface area contributed by atoms with Crippen LogP contribution in [-0.2, 0) is 19.2 Å². The van der Waals surface area contributed by atoms with Gasteiger partial charge in [0.1, 0.15) is 17.3 Å². The fourth-order valence-electron chi connectivity index (χ4n) is 12.3. The van der Waals surface area contributed by atoms with Gasteiger partial charge in [0, 0.05) is 43.4 Å². The Morgan fingerprint density at radius 2 is 0.963 bits per heavy atom. The van der Waals surface area contributed by atoms with Gasteiger partial charge in [-0.3, -0.25) is 19.2 Å². The van der Waals surface area contributed by atoms with E-state index >= 15 is 0 Å². The second kappa shape index (κ2) is 46.7. The lowest BCUT2D eigenvalue weighted by atomic mass is 9.85. The fraction of sp³-hybridized carbons (Fsp3) is 0.813. The molecule has 0 radical (unpaired) electrons. The summed E-state index contributed by atoms with van der Waals surface area (Å²) in [6.07, 6.45) is 54.2. The average Bonchev–Trinajstić information content (AvgIpc) is 4.26. The number of rotatable bonds is 31. The van der Waals surface area contributed by atoms with Crippen LogP contribution >= 0.6 is 0 Å². The first kappa shape index (κ1) is 75.4. The van der Waals surface area contributed by atoms with E-state index in [2.05, 4.69) is 121 Å². The zero-order valence-electron chi connectivity index (χ0n) is 55.4. The monoisotopic (exact) mass is 1110 g/mol. The molecule has 0 heterocycles. The molecule has 0 aromatic rings. The Balaban J connectivity index is 0.000000502. The number of aliphatic hydroxyl groups excluding tert-OH is 1. The van der Waals surface area contributed by atoms with Crippen molar-refractivity contribution in [2.45, 2.75) is 341 Å². The van der Waals surface area contributed by atoms with Crippen molar-refractivity contribution in [3.63, 3.8) is 0 Å². The molecule has 0 amide bonds. The van der Waals surface area contributed by atoms with Crippen LogP contribution in [0.15, 0.2) is 58.2 Å².